The Bertz CT molecular complexity index is 602. The molecule has 5 nitrogen and oxygen atoms in total. The monoisotopic (exact) mass is 353 g/mol. The van der Waals surface area contributed by atoms with Crippen LogP contribution in [-0.2, 0) is 9.59 Å². The van der Waals surface area contributed by atoms with Gasteiger partial charge in [-0.1, -0.05) is 6.07 Å². The summed E-state index contributed by atoms with van der Waals surface area (Å²) < 4.78 is 28.2. The van der Waals surface area contributed by atoms with Gasteiger partial charge in [-0.2, -0.15) is 0 Å². The average Bonchev–Trinajstić information content (AvgIpc) is 2.54. The lowest BCUT2D eigenvalue weighted by Crippen LogP contribution is -2.44. The molecule has 0 saturated carbocycles. The van der Waals surface area contributed by atoms with E-state index in [1.165, 1.54) is 13.0 Å². The molecule has 1 heterocycles. The first-order valence-electron chi connectivity index (χ1n) is 8.55. The average molecular weight is 353 g/mol. The Hall–Kier alpha value is -2.02. The third-order valence-electron chi connectivity index (χ3n) is 4.47. The maximum atomic E-state index is 14.1. The van der Waals surface area contributed by atoms with Crippen molar-refractivity contribution in [1.82, 2.24) is 15.5 Å². The van der Waals surface area contributed by atoms with E-state index in [-0.39, 0.29) is 17.9 Å². The van der Waals surface area contributed by atoms with Crippen molar-refractivity contribution in [3.8, 4) is 0 Å². The number of hydrogen-bond donors (Lipinski definition) is 2. The van der Waals surface area contributed by atoms with Crippen LogP contribution in [0.3, 0.4) is 0 Å². The fourth-order valence-corrected chi connectivity index (χ4v) is 3.36. The molecule has 0 aromatic heterocycles. The van der Waals surface area contributed by atoms with E-state index >= 15 is 0 Å². The number of nitrogens with zero attached hydrogens (tertiary/aromatic N) is 1. The number of hydrogen-bond acceptors (Lipinski definition) is 3. The van der Waals surface area contributed by atoms with Crippen molar-refractivity contribution in [2.24, 2.45) is 5.92 Å². The summed E-state index contributed by atoms with van der Waals surface area (Å²) in [5.74, 6) is -1.81. The van der Waals surface area contributed by atoms with Crippen molar-refractivity contribution >= 4 is 11.8 Å². The SMILES string of the molecule is CNC[C@H]1CCCN(C(=O)C[C@H](NC(C)=O)c2c(F)cccc2F)C1. The molecule has 1 aromatic carbocycles. The predicted molar refractivity (Wildman–Crippen MR) is 90.8 cm³/mol. The summed E-state index contributed by atoms with van der Waals surface area (Å²) in [5.41, 5.74) is -0.269. The van der Waals surface area contributed by atoms with Crippen LogP contribution in [0.15, 0.2) is 18.2 Å². The van der Waals surface area contributed by atoms with E-state index in [0.29, 0.717) is 19.0 Å². The van der Waals surface area contributed by atoms with Gasteiger partial charge in [0.25, 0.3) is 0 Å². The number of carbonyl (C=O) groups is 2. The first-order chi connectivity index (χ1) is 11.9. The van der Waals surface area contributed by atoms with Crippen LogP contribution < -0.4 is 10.6 Å². The maximum Gasteiger partial charge on any atom is 0.225 e. The zero-order valence-corrected chi connectivity index (χ0v) is 14.6. The lowest BCUT2D eigenvalue weighted by Gasteiger charge is -2.34. The van der Waals surface area contributed by atoms with Crippen LogP contribution in [0.2, 0.25) is 0 Å². The summed E-state index contributed by atoms with van der Waals surface area (Å²) in [7, 11) is 1.87. The second-order valence-corrected chi connectivity index (χ2v) is 6.50. The fraction of sp³-hybridized carbons (Fsp3) is 0.556. The van der Waals surface area contributed by atoms with E-state index in [4.69, 9.17) is 0 Å². The van der Waals surface area contributed by atoms with Gasteiger partial charge in [0.1, 0.15) is 11.6 Å². The molecule has 2 N–H and O–H groups in total. The lowest BCUT2D eigenvalue weighted by atomic mass is 9.96. The number of halogens is 2. The molecule has 1 fully saturated rings. The van der Waals surface area contributed by atoms with E-state index in [1.807, 2.05) is 7.05 Å². The number of piperidine rings is 1. The molecule has 138 valence electrons. The Morgan fingerprint density at radius 3 is 2.60 bits per heavy atom. The molecule has 2 atom stereocenters. The number of nitrogens with one attached hydrogen (secondary N) is 2. The zero-order valence-electron chi connectivity index (χ0n) is 14.6. The van der Waals surface area contributed by atoms with E-state index in [1.54, 1.807) is 4.90 Å². The minimum absolute atomic E-state index is 0.163. The molecule has 0 spiro atoms. The molecule has 0 unspecified atom stereocenters. The molecule has 0 bridgehead atoms. The van der Waals surface area contributed by atoms with Crippen molar-refractivity contribution in [3.05, 3.63) is 35.4 Å². The number of rotatable bonds is 6. The van der Waals surface area contributed by atoms with Gasteiger partial charge in [0.05, 0.1) is 12.5 Å². The van der Waals surface area contributed by atoms with Crippen molar-refractivity contribution in [2.75, 3.05) is 26.7 Å². The Labute approximate surface area is 146 Å². The van der Waals surface area contributed by atoms with Crippen LogP contribution >= 0.6 is 0 Å². The smallest absolute Gasteiger partial charge is 0.225 e. The molecular formula is C18H25F2N3O2. The van der Waals surface area contributed by atoms with Gasteiger partial charge >= 0.3 is 0 Å². The molecule has 1 aliphatic rings. The highest BCUT2D eigenvalue weighted by Crippen LogP contribution is 2.25. The summed E-state index contributed by atoms with van der Waals surface area (Å²) in [5, 5.41) is 5.62. The van der Waals surface area contributed by atoms with Gasteiger partial charge in [0.15, 0.2) is 0 Å². The molecular weight excluding hydrogens is 328 g/mol. The van der Waals surface area contributed by atoms with Gasteiger partial charge in [-0.25, -0.2) is 8.78 Å². The highest BCUT2D eigenvalue weighted by Gasteiger charge is 2.28. The van der Waals surface area contributed by atoms with E-state index < -0.39 is 23.6 Å². The van der Waals surface area contributed by atoms with Crippen molar-refractivity contribution < 1.29 is 18.4 Å². The lowest BCUT2D eigenvalue weighted by molar-refractivity contribution is -0.133. The van der Waals surface area contributed by atoms with Crippen LogP contribution in [0.4, 0.5) is 8.78 Å². The second kappa shape index (κ2) is 8.89. The van der Waals surface area contributed by atoms with Crippen LogP contribution in [0.5, 0.6) is 0 Å². The number of likely N-dealkylation sites (tertiary alicyclic amines) is 1. The van der Waals surface area contributed by atoms with Crippen molar-refractivity contribution in [2.45, 2.75) is 32.2 Å². The third-order valence-corrected chi connectivity index (χ3v) is 4.47. The van der Waals surface area contributed by atoms with Gasteiger partial charge in [-0.3, -0.25) is 9.59 Å². The van der Waals surface area contributed by atoms with Gasteiger partial charge < -0.3 is 15.5 Å². The maximum absolute atomic E-state index is 14.1. The Morgan fingerprint density at radius 1 is 1.32 bits per heavy atom. The van der Waals surface area contributed by atoms with Gasteiger partial charge in [-0.05, 0) is 44.5 Å². The number of carbonyl (C=O) groups excluding carboxylic acids is 2. The number of benzene rings is 1. The molecule has 1 aromatic rings. The summed E-state index contributed by atoms with van der Waals surface area (Å²) >= 11 is 0. The molecule has 1 aliphatic heterocycles. The van der Waals surface area contributed by atoms with Crippen molar-refractivity contribution in [3.63, 3.8) is 0 Å². The molecule has 7 heteroatoms. The summed E-state index contributed by atoms with van der Waals surface area (Å²) in [6.07, 6.45) is 1.78. The molecule has 1 saturated heterocycles. The third kappa shape index (κ3) is 5.22. The minimum Gasteiger partial charge on any atom is -0.349 e. The van der Waals surface area contributed by atoms with Crippen LogP contribution in [-0.4, -0.2) is 43.4 Å². The highest BCUT2D eigenvalue weighted by atomic mass is 19.1. The molecule has 2 amide bonds. The fourth-order valence-electron chi connectivity index (χ4n) is 3.36. The van der Waals surface area contributed by atoms with Gasteiger partial charge in [0.2, 0.25) is 11.8 Å². The first-order valence-corrected chi connectivity index (χ1v) is 8.55. The molecule has 2 rings (SSSR count). The summed E-state index contributed by atoms with van der Waals surface area (Å²) in [6, 6.07) is 2.49. The van der Waals surface area contributed by atoms with Crippen LogP contribution in [0.1, 0.15) is 37.8 Å². The summed E-state index contributed by atoms with van der Waals surface area (Å²) in [6.45, 7) is 3.33. The van der Waals surface area contributed by atoms with E-state index in [2.05, 4.69) is 10.6 Å². The van der Waals surface area contributed by atoms with Crippen molar-refractivity contribution in [1.29, 1.82) is 0 Å². The Morgan fingerprint density at radius 2 is 2.00 bits per heavy atom. The zero-order chi connectivity index (χ0) is 18.4. The minimum atomic E-state index is -1.02. The standard InChI is InChI=1S/C18H25F2N3O2/c1-12(24)22-16(18-14(19)6-3-7-15(18)20)9-17(25)23-8-4-5-13(11-23)10-21-2/h3,6-7,13,16,21H,4-5,8-11H2,1-2H3,(H,22,24)/t13-,16+/m1/s1. The molecule has 25 heavy (non-hydrogen) atoms. The van der Waals surface area contributed by atoms with Crippen LogP contribution in [0, 0.1) is 17.6 Å². The predicted octanol–water partition coefficient (Wildman–Crippen LogP) is 1.99. The molecule has 0 aliphatic carbocycles. The summed E-state index contributed by atoms with van der Waals surface area (Å²) in [4.78, 5) is 25.8. The number of amides is 2. The normalized spacial score (nSPS) is 18.7. The molecule has 0 radical (unpaired) electrons. The van der Waals surface area contributed by atoms with Crippen LogP contribution in [0.25, 0.3) is 0 Å². The quantitative estimate of drug-likeness (QED) is 0.822. The van der Waals surface area contributed by atoms with Gasteiger partial charge in [-0.15, -0.1) is 0 Å². The largest absolute Gasteiger partial charge is 0.349 e. The topological polar surface area (TPSA) is 61.4 Å². The Kier molecular flexibility index (Phi) is 6.87. The first kappa shape index (κ1) is 19.3. The van der Waals surface area contributed by atoms with E-state index in [0.717, 1.165) is 31.5 Å². The van der Waals surface area contributed by atoms with E-state index in [9.17, 15) is 18.4 Å². The van der Waals surface area contributed by atoms with Gasteiger partial charge in [0, 0.05) is 25.6 Å². The Balaban J connectivity index is 2.14. The highest BCUT2D eigenvalue weighted by molar-refractivity contribution is 5.79. The second-order valence-electron chi connectivity index (χ2n) is 6.50.